The van der Waals surface area contributed by atoms with Crippen molar-refractivity contribution in [2.24, 2.45) is 0 Å². The van der Waals surface area contributed by atoms with E-state index in [1.54, 1.807) is 11.8 Å². The fraction of sp³-hybridized carbons (Fsp3) is 0. The van der Waals surface area contributed by atoms with E-state index >= 15 is 0 Å². The lowest BCUT2D eigenvalue weighted by Gasteiger charge is -2.00. The van der Waals surface area contributed by atoms with Crippen molar-refractivity contribution < 1.29 is 4.79 Å². The number of hydrogen-bond donors (Lipinski definition) is 1. The van der Waals surface area contributed by atoms with Gasteiger partial charge in [0.2, 0.25) is 0 Å². The maximum absolute atomic E-state index is 11.1. The summed E-state index contributed by atoms with van der Waals surface area (Å²) in [5, 5.41) is -0.575. The van der Waals surface area contributed by atoms with E-state index in [0.29, 0.717) is 0 Å². The van der Waals surface area contributed by atoms with Crippen molar-refractivity contribution in [3.05, 3.63) is 54.4 Å². The first-order chi connectivity index (χ1) is 9.22. The first kappa shape index (κ1) is 12.3. The van der Waals surface area contributed by atoms with Crippen LogP contribution in [-0.4, -0.2) is 15.2 Å². The Morgan fingerprint density at radius 3 is 2.63 bits per heavy atom. The maximum Gasteiger partial charge on any atom is 0.287 e. The molecule has 1 N–H and O–H groups in total. The molecule has 19 heavy (non-hydrogen) atoms. The van der Waals surface area contributed by atoms with Gasteiger partial charge in [0.25, 0.3) is 5.24 Å². The Morgan fingerprint density at radius 2 is 1.89 bits per heavy atom. The van der Waals surface area contributed by atoms with Crippen molar-refractivity contribution in [2.45, 2.75) is 9.79 Å². The number of halogens is 1. The van der Waals surface area contributed by atoms with Gasteiger partial charge >= 0.3 is 0 Å². The Labute approximate surface area is 119 Å². The summed E-state index contributed by atoms with van der Waals surface area (Å²) in [6.07, 6.45) is 0. The van der Waals surface area contributed by atoms with Crippen LogP contribution >= 0.6 is 23.4 Å². The fourth-order valence-corrected chi connectivity index (χ4v) is 2.74. The molecule has 0 aliphatic heterocycles. The third-order valence-corrected chi connectivity index (χ3v) is 3.79. The van der Waals surface area contributed by atoms with E-state index in [4.69, 9.17) is 11.6 Å². The summed E-state index contributed by atoms with van der Waals surface area (Å²) in [5.74, 6) is 0.179. The van der Waals surface area contributed by atoms with Crippen molar-refractivity contribution >= 4 is 39.6 Å². The second-order valence-corrected chi connectivity index (χ2v) is 5.44. The number of nitrogens with one attached hydrogen (secondary N) is 1. The van der Waals surface area contributed by atoms with Crippen LogP contribution < -0.4 is 0 Å². The summed E-state index contributed by atoms with van der Waals surface area (Å²) in [5.41, 5.74) is 1.55. The quantitative estimate of drug-likeness (QED) is 0.738. The topological polar surface area (TPSA) is 45.8 Å². The minimum Gasteiger partial charge on any atom is -0.334 e. The first-order valence-electron chi connectivity index (χ1n) is 5.65. The molecule has 0 unspecified atom stereocenters. The van der Waals surface area contributed by atoms with Gasteiger partial charge in [-0.2, -0.15) is 0 Å². The van der Waals surface area contributed by atoms with Crippen LogP contribution in [0, 0.1) is 0 Å². The number of imidazole rings is 1. The largest absolute Gasteiger partial charge is 0.334 e. The molecule has 0 spiro atoms. The number of rotatable bonds is 3. The SMILES string of the molecule is O=C(Cl)c1nc2ccc(Sc3ccccc3)cc2[nH]1. The molecule has 0 bridgehead atoms. The molecular weight excluding hydrogens is 280 g/mol. The molecule has 3 aromatic rings. The van der Waals surface area contributed by atoms with Crippen molar-refractivity contribution in [1.29, 1.82) is 0 Å². The number of carbonyl (C=O) groups excluding carboxylic acids is 1. The summed E-state index contributed by atoms with van der Waals surface area (Å²) < 4.78 is 0. The number of H-pyrrole nitrogens is 1. The molecule has 0 radical (unpaired) electrons. The molecule has 0 aliphatic carbocycles. The van der Waals surface area contributed by atoms with Gasteiger partial charge in [-0.25, -0.2) is 4.98 Å². The van der Waals surface area contributed by atoms with E-state index in [0.717, 1.165) is 20.8 Å². The fourth-order valence-electron chi connectivity index (χ4n) is 1.77. The van der Waals surface area contributed by atoms with Gasteiger partial charge in [0.15, 0.2) is 5.82 Å². The standard InChI is InChI=1S/C14H9ClN2OS/c15-13(18)14-16-11-7-6-10(8-12(11)17-14)19-9-4-2-1-3-5-9/h1-8H,(H,16,17). The van der Waals surface area contributed by atoms with Crippen LogP contribution in [0.25, 0.3) is 11.0 Å². The summed E-state index contributed by atoms with van der Waals surface area (Å²) in [7, 11) is 0. The van der Waals surface area contributed by atoms with Gasteiger partial charge in [0.1, 0.15) is 0 Å². The van der Waals surface area contributed by atoms with Crippen LogP contribution in [-0.2, 0) is 0 Å². The van der Waals surface area contributed by atoms with Crippen LogP contribution in [0.1, 0.15) is 10.6 Å². The van der Waals surface area contributed by atoms with Crippen molar-refractivity contribution in [3.63, 3.8) is 0 Å². The monoisotopic (exact) mass is 288 g/mol. The Balaban J connectivity index is 1.95. The predicted molar refractivity (Wildman–Crippen MR) is 76.8 cm³/mol. The van der Waals surface area contributed by atoms with Crippen LogP contribution in [0.2, 0.25) is 0 Å². The van der Waals surface area contributed by atoms with E-state index in [2.05, 4.69) is 22.1 Å². The Morgan fingerprint density at radius 1 is 1.11 bits per heavy atom. The van der Waals surface area contributed by atoms with Gasteiger partial charge in [0.05, 0.1) is 11.0 Å². The van der Waals surface area contributed by atoms with Gasteiger partial charge in [-0.05, 0) is 41.9 Å². The molecule has 1 aromatic heterocycles. The summed E-state index contributed by atoms with van der Waals surface area (Å²) >= 11 is 7.06. The Bertz CT molecular complexity index is 740. The van der Waals surface area contributed by atoms with Crippen molar-refractivity contribution in [2.75, 3.05) is 0 Å². The zero-order valence-corrected chi connectivity index (χ0v) is 11.3. The molecule has 1 heterocycles. The minimum atomic E-state index is -0.575. The molecule has 0 saturated carbocycles. The van der Waals surface area contributed by atoms with Crippen molar-refractivity contribution in [1.82, 2.24) is 9.97 Å². The number of hydrogen-bond acceptors (Lipinski definition) is 3. The smallest absolute Gasteiger partial charge is 0.287 e. The maximum atomic E-state index is 11.1. The molecule has 3 nitrogen and oxygen atoms in total. The molecule has 0 saturated heterocycles. The number of benzene rings is 2. The van der Waals surface area contributed by atoms with Gasteiger partial charge in [-0.3, -0.25) is 4.79 Å². The van der Waals surface area contributed by atoms with Crippen LogP contribution in [0.4, 0.5) is 0 Å². The van der Waals surface area contributed by atoms with Gasteiger partial charge in [-0.15, -0.1) is 0 Å². The second-order valence-electron chi connectivity index (χ2n) is 3.95. The molecule has 3 rings (SSSR count). The number of aromatic amines is 1. The Hall–Kier alpha value is -1.78. The van der Waals surface area contributed by atoms with E-state index in [-0.39, 0.29) is 5.82 Å². The highest BCUT2D eigenvalue weighted by Crippen LogP contribution is 2.29. The van der Waals surface area contributed by atoms with Gasteiger partial charge in [-0.1, -0.05) is 30.0 Å². The lowest BCUT2D eigenvalue weighted by molar-refractivity contribution is 0.107. The van der Waals surface area contributed by atoms with Crippen LogP contribution in [0.3, 0.4) is 0 Å². The molecule has 5 heteroatoms. The zero-order valence-electron chi connectivity index (χ0n) is 9.76. The lowest BCUT2D eigenvalue weighted by atomic mass is 10.3. The second kappa shape index (κ2) is 5.07. The highest BCUT2D eigenvalue weighted by molar-refractivity contribution is 7.99. The first-order valence-corrected chi connectivity index (χ1v) is 6.84. The van der Waals surface area contributed by atoms with E-state index in [1.807, 2.05) is 36.4 Å². The molecule has 0 aliphatic rings. The Kier molecular flexibility index (Phi) is 3.27. The molecular formula is C14H9ClN2OS. The zero-order chi connectivity index (χ0) is 13.2. The van der Waals surface area contributed by atoms with Gasteiger partial charge in [0, 0.05) is 9.79 Å². The number of fused-ring (bicyclic) bond motifs is 1. The molecule has 94 valence electrons. The number of carbonyl (C=O) groups is 1. The van der Waals surface area contributed by atoms with E-state index < -0.39 is 5.24 Å². The minimum absolute atomic E-state index is 0.179. The van der Waals surface area contributed by atoms with E-state index in [1.165, 1.54) is 0 Å². The summed E-state index contributed by atoms with van der Waals surface area (Å²) in [6.45, 7) is 0. The van der Waals surface area contributed by atoms with Crippen LogP contribution in [0.5, 0.6) is 0 Å². The average molecular weight is 289 g/mol. The molecule has 0 amide bonds. The number of nitrogens with zero attached hydrogens (tertiary/aromatic N) is 1. The normalized spacial score (nSPS) is 10.8. The molecule has 0 atom stereocenters. The van der Waals surface area contributed by atoms with Crippen LogP contribution in [0.15, 0.2) is 58.3 Å². The summed E-state index contributed by atoms with van der Waals surface area (Å²) in [6, 6.07) is 15.9. The number of aromatic nitrogens is 2. The molecule has 2 aromatic carbocycles. The summed E-state index contributed by atoms with van der Waals surface area (Å²) in [4.78, 5) is 20.3. The third kappa shape index (κ3) is 2.64. The lowest BCUT2D eigenvalue weighted by Crippen LogP contribution is -1.89. The van der Waals surface area contributed by atoms with Gasteiger partial charge < -0.3 is 4.98 Å². The highest BCUT2D eigenvalue weighted by atomic mass is 35.5. The average Bonchev–Trinajstić information content (AvgIpc) is 2.83. The molecule has 0 fully saturated rings. The predicted octanol–water partition coefficient (Wildman–Crippen LogP) is 4.09. The highest BCUT2D eigenvalue weighted by Gasteiger charge is 2.09. The third-order valence-electron chi connectivity index (χ3n) is 2.62. The van der Waals surface area contributed by atoms with E-state index in [9.17, 15) is 4.79 Å². The van der Waals surface area contributed by atoms with Crippen molar-refractivity contribution in [3.8, 4) is 0 Å².